The van der Waals surface area contributed by atoms with Crippen LogP contribution in [0.4, 0.5) is 17.3 Å². The van der Waals surface area contributed by atoms with Gasteiger partial charge in [-0.05, 0) is 32.8 Å². The van der Waals surface area contributed by atoms with E-state index in [4.69, 9.17) is 10.5 Å². The topological polar surface area (TPSA) is 103 Å². The highest BCUT2D eigenvalue weighted by Crippen LogP contribution is 2.27. The smallest absolute Gasteiger partial charge is 0.311 e. The predicted molar refractivity (Wildman–Crippen MR) is 72.0 cm³/mol. The average Bonchev–Trinajstić information content (AvgIpc) is 2.27. The van der Waals surface area contributed by atoms with Crippen LogP contribution >= 0.6 is 0 Å². The zero-order valence-corrected chi connectivity index (χ0v) is 11.0. The number of hydrogen-bond acceptors (Lipinski definition) is 6. The maximum atomic E-state index is 10.7. The van der Waals surface area contributed by atoms with Crippen LogP contribution in [-0.4, -0.2) is 28.2 Å². The Morgan fingerprint density at radius 2 is 2.32 bits per heavy atom. The lowest BCUT2D eigenvalue weighted by atomic mass is 9.94. The van der Waals surface area contributed by atoms with Gasteiger partial charge in [-0.1, -0.05) is 0 Å². The first-order valence-electron chi connectivity index (χ1n) is 6.19. The van der Waals surface area contributed by atoms with Crippen LogP contribution < -0.4 is 11.1 Å². The highest BCUT2D eigenvalue weighted by atomic mass is 16.6. The van der Waals surface area contributed by atoms with E-state index in [2.05, 4.69) is 10.3 Å². The molecule has 1 saturated heterocycles. The molecule has 0 aromatic carbocycles. The molecule has 0 radical (unpaired) electrons. The normalized spacial score (nSPS) is 21.9. The average molecular weight is 266 g/mol. The fourth-order valence-electron chi connectivity index (χ4n) is 2.27. The molecule has 1 fully saturated rings. The van der Waals surface area contributed by atoms with Crippen molar-refractivity contribution in [2.45, 2.75) is 38.3 Å². The predicted octanol–water partition coefficient (Wildman–Crippen LogP) is 1.94. The van der Waals surface area contributed by atoms with E-state index < -0.39 is 4.92 Å². The summed E-state index contributed by atoms with van der Waals surface area (Å²) in [6.45, 7) is 4.77. The third-order valence-electron chi connectivity index (χ3n) is 3.15. The van der Waals surface area contributed by atoms with Gasteiger partial charge in [0.05, 0.1) is 10.5 Å². The molecule has 0 spiro atoms. The van der Waals surface area contributed by atoms with Crippen molar-refractivity contribution in [3.8, 4) is 0 Å². The summed E-state index contributed by atoms with van der Waals surface area (Å²) in [5.74, 6) is 0.493. The van der Waals surface area contributed by atoms with Crippen molar-refractivity contribution in [2.24, 2.45) is 0 Å². The Morgan fingerprint density at radius 3 is 2.89 bits per heavy atom. The number of anilines is 2. The number of hydrogen-bond donors (Lipinski definition) is 2. The van der Waals surface area contributed by atoms with Gasteiger partial charge in [-0.2, -0.15) is 0 Å². The van der Waals surface area contributed by atoms with Crippen molar-refractivity contribution in [3.05, 3.63) is 22.2 Å². The summed E-state index contributed by atoms with van der Waals surface area (Å²) >= 11 is 0. The van der Waals surface area contributed by atoms with Crippen molar-refractivity contribution in [1.29, 1.82) is 0 Å². The van der Waals surface area contributed by atoms with E-state index in [9.17, 15) is 10.1 Å². The maximum absolute atomic E-state index is 10.7. The zero-order chi connectivity index (χ0) is 14.0. The van der Waals surface area contributed by atoms with E-state index in [0.717, 1.165) is 12.8 Å². The largest absolute Gasteiger partial charge is 0.378 e. The maximum Gasteiger partial charge on any atom is 0.311 e. The van der Waals surface area contributed by atoms with E-state index in [1.165, 1.54) is 6.07 Å². The summed E-state index contributed by atoms with van der Waals surface area (Å²) in [4.78, 5) is 14.1. The minimum absolute atomic E-state index is 0.0682. The fraction of sp³-hybridized carbons (Fsp3) is 0.583. The molecule has 1 unspecified atom stereocenters. The number of nitro groups is 1. The molecule has 19 heavy (non-hydrogen) atoms. The summed E-state index contributed by atoms with van der Waals surface area (Å²) in [5, 5.41) is 13.9. The van der Waals surface area contributed by atoms with E-state index in [-0.39, 0.29) is 23.1 Å². The first-order chi connectivity index (χ1) is 8.87. The number of aromatic nitrogens is 1. The van der Waals surface area contributed by atoms with Crippen molar-refractivity contribution in [2.75, 3.05) is 17.7 Å². The van der Waals surface area contributed by atoms with Crippen LogP contribution in [0, 0.1) is 10.1 Å². The SMILES string of the molecule is CC1(C)CC(Nc2ccc([N+](=O)[O-])c(N)n2)CCO1. The van der Waals surface area contributed by atoms with Crippen molar-refractivity contribution >= 4 is 17.3 Å². The third kappa shape index (κ3) is 3.31. The van der Waals surface area contributed by atoms with Gasteiger partial charge < -0.3 is 15.8 Å². The lowest BCUT2D eigenvalue weighted by molar-refractivity contribution is -0.384. The third-order valence-corrected chi connectivity index (χ3v) is 3.15. The first kappa shape index (κ1) is 13.5. The van der Waals surface area contributed by atoms with Gasteiger partial charge in [0.2, 0.25) is 5.82 Å². The van der Waals surface area contributed by atoms with Gasteiger partial charge in [0.1, 0.15) is 5.82 Å². The Bertz CT molecular complexity index is 490. The second-order valence-electron chi connectivity index (χ2n) is 5.30. The molecule has 2 rings (SSSR count). The number of nitrogens with two attached hydrogens (primary N) is 1. The second-order valence-corrected chi connectivity index (χ2v) is 5.30. The Hall–Kier alpha value is -1.89. The zero-order valence-electron chi connectivity index (χ0n) is 11.0. The summed E-state index contributed by atoms with van der Waals surface area (Å²) in [5.41, 5.74) is 5.23. The van der Waals surface area contributed by atoms with E-state index in [1.807, 2.05) is 13.8 Å². The van der Waals surface area contributed by atoms with E-state index >= 15 is 0 Å². The van der Waals surface area contributed by atoms with Crippen LogP contribution in [0.3, 0.4) is 0 Å². The molecule has 104 valence electrons. The second kappa shape index (κ2) is 5.00. The molecule has 0 bridgehead atoms. The molecule has 1 aromatic heterocycles. The Labute approximate surface area is 111 Å². The molecule has 1 aliphatic heterocycles. The number of ether oxygens (including phenoxy) is 1. The van der Waals surface area contributed by atoms with Crippen LogP contribution in [0.1, 0.15) is 26.7 Å². The van der Waals surface area contributed by atoms with Gasteiger partial charge in [0.25, 0.3) is 0 Å². The molecule has 0 aliphatic carbocycles. The molecule has 0 saturated carbocycles. The molecular formula is C12H18N4O3. The molecule has 7 heteroatoms. The van der Waals surface area contributed by atoms with Crippen molar-refractivity contribution in [1.82, 2.24) is 4.98 Å². The number of rotatable bonds is 3. The first-order valence-corrected chi connectivity index (χ1v) is 6.19. The van der Waals surface area contributed by atoms with Crippen LogP contribution in [0.15, 0.2) is 12.1 Å². The van der Waals surface area contributed by atoms with Gasteiger partial charge >= 0.3 is 5.69 Å². The molecule has 2 heterocycles. The molecule has 1 aliphatic rings. The quantitative estimate of drug-likeness (QED) is 0.640. The fourth-order valence-corrected chi connectivity index (χ4v) is 2.27. The molecule has 1 aromatic rings. The number of nitrogen functional groups attached to an aromatic ring is 1. The lowest BCUT2D eigenvalue weighted by Gasteiger charge is -2.36. The van der Waals surface area contributed by atoms with Gasteiger partial charge in [-0.15, -0.1) is 0 Å². The van der Waals surface area contributed by atoms with Crippen molar-refractivity contribution < 1.29 is 9.66 Å². The molecule has 0 amide bonds. The minimum atomic E-state index is -0.538. The monoisotopic (exact) mass is 266 g/mol. The Balaban J connectivity index is 2.07. The Kier molecular flexibility index (Phi) is 3.57. The number of pyridine rings is 1. The highest BCUT2D eigenvalue weighted by Gasteiger charge is 2.29. The molecule has 3 N–H and O–H groups in total. The molecule has 1 atom stereocenters. The van der Waals surface area contributed by atoms with E-state index in [1.54, 1.807) is 6.07 Å². The van der Waals surface area contributed by atoms with Gasteiger partial charge in [0, 0.05) is 18.7 Å². The molecular weight excluding hydrogens is 248 g/mol. The van der Waals surface area contributed by atoms with Crippen molar-refractivity contribution in [3.63, 3.8) is 0 Å². The molecule has 7 nitrogen and oxygen atoms in total. The lowest BCUT2D eigenvalue weighted by Crippen LogP contribution is -2.40. The standard InChI is InChI=1S/C12H18N4O3/c1-12(2)7-8(5-6-19-12)14-10-4-3-9(16(17)18)11(13)15-10/h3-4,8H,5-7H2,1-2H3,(H3,13,14,15). The summed E-state index contributed by atoms with van der Waals surface area (Å²) in [6, 6.07) is 3.18. The van der Waals surface area contributed by atoms with Gasteiger partial charge in [-0.3, -0.25) is 10.1 Å². The summed E-state index contributed by atoms with van der Waals surface area (Å²) in [7, 11) is 0. The van der Waals surface area contributed by atoms with Gasteiger partial charge in [-0.25, -0.2) is 4.98 Å². The van der Waals surface area contributed by atoms with E-state index in [0.29, 0.717) is 12.4 Å². The Morgan fingerprint density at radius 1 is 1.58 bits per heavy atom. The number of nitrogens with one attached hydrogen (secondary N) is 1. The van der Waals surface area contributed by atoms with Crippen LogP contribution in [0.25, 0.3) is 0 Å². The minimum Gasteiger partial charge on any atom is -0.378 e. The van der Waals surface area contributed by atoms with Crippen LogP contribution in [-0.2, 0) is 4.74 Å². The van der Waals surface area contributed by atoms with Gasteiger partial charge in [0.15, 0.2) is 0 Å². The summed E-state index contributed by atoms with van der Waals surface area (Å²) < 4.78 is 5.63. The van der Waals surface area contributed by atoms with Crippen LogP contribution in [0.2, 0.25) is 0 Å². The highest BCUT2D eigenvalue weighted by molar-refractivity contribution is 5.57. The van der Waals surface area contributed by atoms with Crippen LogP contribution in [0.5, 0.6) is 0 Å². The summed E-state index contributed by atoms with van der Waals surface area (Å²) in [6.07, 6.45) is 1.73. The number of nitrogens with zero attached hydrogens (tertiary/aromatic N) is 2.